The standard InChI is InChI=1S/C12H25NO/c1-11(2)8-12(9-13-10-12)6-4-5-7-14-3/h11,13H,4-10H2,1-3H3. The minimum absolute atomic E-state index is 0.627. The van der Waals surface area contributed by atoms with Gasteiger partial charge >= 0.3 is 0 Å². The fraction of sp³-hybridized carbons (Fsp3) is 1.00. The number of nitrogens with one attached hydrogen (secondary N) is 1. The van der Waals surface area contributed by atoms with Gasteiger partial charge in [0.25, 0.3) is 0 Å². The zero-order chi connectivity index (χ0) is 10.4. The molecule has 0 atom stereocenters. The van der Waals surface area contributed by atoms with Crippen LogP contribution >= 0.6 is 0 Å². The first-order chi connectivity index (χ1) is 6.68. The van der Waals surface area contributed by atoms with Gasteiger partial charge < -0.3 is 10.1 Å². The van der Waals surface area contributed by atoms with Crippen molar-refractivity contribution < 1.29 is 4.74 Å². The second-order valence-corrected chi connectivity index (χ2v) is 5.15. The highest BCUT2D eigenvalue weighted by Gasteiger charge is 2.36. The van der Waals surface area contributed by atoms with Crippen LogP contribution in [0.3, 0.4) is 0 Å². The van der Waals surface area contributed by atoms with E-state index in [0.717, 1.165) is 12.5 Å². The summed E-state index contributed by atoms with van der Waals surface area (Å²) in [6.07, 6.45) is 5.30. The maximum Gasteiger partial charge on any atom is 0.0462 e. The smallest absolute Gasteiger partial charge is 0.0462 e. The van der Waals surface area contributed by atoms with Crippen LogP contribution in [0.4, 0.5) is 0 Å². The highest BCUT2D eigenvalue weighted by molar-refractivity contribution is 4.92. The normalized spacial score (nSPS) is 19.7. The molecular weight excluding hydrogens is 174 g/mol. The Kier molecular flexibility index (Phi) is 4.90. The quantitative estimate of drug-likeness (QED) is 0.636. The zero-order valence-electron chi connectivity index (χ0n) is 9.94. The monoisotopic (exact) mass is 199 g/mol. The predicted octanol–water partition coefficient (Wildman–Crippen LogP) is 2.44. The van der Waals surface area contributed by atoms with Gasteiger partial charge in [-0.3, -0.25) is 0 Å². The predicted molar refractivity (Wildman–Crippen MR) is 60.5 cm³/mol. The zero-order valence-corrected chi connectivity index (χ0v) is 9.94. The van der Waals surface area contributed by atoms with Crippen molar-refractivity contribution in [2.24, 2.45) is 11.3 Å². The number of methoxy groups -OCH3 is 1. The Morgan fingerprint density at radius 3 is 2.43 bits per heavy atom. The van der Waals surface area contributed by atoms with Gasteiger partial charge in [-0.05, 0) is 30.6 Å². The summed E-state index contributed by atoms with van der Waals surface area (Å²) in [5, 5.41) is 3.42. The number of hydrogen-bond donors (Lipinski definition) is 1. The van der Waals surface area contributed by atoms with E-state index in [2.05, 4.69) is 19.2 Å². The van der Waals surface area contributed by atoms with Crippen molar-refractivity contribution in [2.75, 3.05) is 26.8 Å². The molecule has 0 aromatic heterocycles. The molecule has 14 heavy (non-hydrogen) atoms. The van der Waals surface area contributed by atoms with Crippen molar-refractivity contribution >= 4 is 0 Å². The molecular formula is C12H25NO. The van der Waals surface area contributed by atoms with Crippen molar-refractivity contribution in [2.45, 2.75) is 39.5 Å². The Morgan fingerprint density at radius 2 is 2.00 bits per heavy atom. The van der Waals surface area contributed by atoms with E-state index >= 15 is 0 Å². The summed E-state index contributed by atoms with van der Waals surface area (Å²) in [6.45, 7) is 8.05. The summed E-state index contributed by atoms with van der Waals surface area (Å²) in [5.74, 6) is 0.833. The molecule has 2 nitrogen and oxygen atoms in total. The lowest BCUT2D eigenvalue weighted by Gasteiger charge is -2.44. The molecule has 1 rings (SSSR count). The van der Waals surface area contributed by atoms with Crippen LogP contribution in [0.5, 0.6) is 0 Å². The molecule has 1 fully saturated rings. The van der Waals surface area contributed by atoms with Crippen LogP contribution in [0.2, 0.25) is 0 Å². The summed E-state index contributed by atoms with van der Waals surface area (Å²) < 4.78 is 5.07. The minimum Gasteiger partial charge on any atom is -0.385 e. The molecule has 1 aliphatic heterocycles. The third-order valence-electron chi connectivity index (χ3n) is 3.15. The number of rotatable bonds is 7. The lowest BCUT2D eigenvalue weighted by atomic mass is 9.72. The largest absolute Gasteiger partial charge is 0.385 e. The van der Waals surface area contributed by atoms with Crippen LogP contribution < -0.4 is 5.32 Å². The molecule has 84 valence electrons. The fourth-order valence-corrected chi connectivity index (χ4v) is 2.51. The van der Waals surface area contributed by atoms with Crippen LogP contribution in [0.15, 0.2) is 0 Å². The molecule has 1 saturated heterocycles. The maximum atomic E-state index is 5.07. The first-order valence-electron chi connectivity index (χ1n) is 5.88. The van der Waals surface area contributed by atoms with E-state index in [1.165, 1.54) is 38.8 Å². The second-order valence-electron chi connectivity index (χ2n) is 5.15. The second kappa shape index (κ2) is 5.72. The van der Waals surface area contributed by atoms with Crippen LogP contribution in [0.1, 0.15) is 39.5 Å². The van der Waals surface area contributed by atoms with Gasteiger partial charge in [-0.15, -0.1) is 0 Å². The molecule has 0 radical (unpaired) electrons. The third-order valence-corrected chi connectivity index (χ3v) is 3.15. The van der Waals surface area contributed by atoms with E-state index in [-0.39, 0.29) is 0 Å². The Balaban J connectivity index is 2.17. The van der Waals surface area contributed by atoms with E-state index in [4.69, 9.17) is 4.74 Å². The van der Waals surface area contributed by atoms with Gasteiger partial charge in [-0.25, -0.2) is 0 Å². The van der Waals surface area contributed by atoms with Crippen molar-refractivity contribution in [3.8, 4) is 0 Å². The van der Waals surface area contributed by atoms with Crippen LogP contribution in [-0.2, 0) is 4.74 Å². The summed E-state index contributed by atoms with van der Waals surface area (Å²) in [6, 6.07) is 0. The van der Waals surface area contributed by atoms with Crippen molar-refractivity contribution in [1.82, 2.24) is 5.32 Å². The lowest BCUT2D eigenvalue weighted by molar-refractivity contribution is 0.108. The van der Waals surface area contributed by atoms with Crippen LogP contribution in [-0.4, -0.2) is 26.8 Å². The van der Waals surface area contributed by atoms with Gasteiger partial charge in [0, 0.05) is 26.8 Å². The highest BCUT2D eigenvalue weighted by atomic mass is 16.5. The molecule has 0 unspecified atom stereocenters. The molecule has 0 saturated carbocycles. The summed E-state index contributed by atoms with van der Waals surface area (Å²) >= 11 is 0. The Bertz CT molecular complexity index is 152. The Morgan fingerprint density at radius 1 is 1.29 bits per heavy atom. The molecule has 0 amide bonds. The SMILES string of the molecule is COCCCCC1(CC(C)C)CNC1. The molecule has 0 aromatic rings. The molecule has 0 spiro atoms. The van der Waals surface area contributed by atoms with Gasteiger partial charge in [0.2, 0.25) is 0 Å². The number of unbranched alkanes of at least 4 members (excludes halogenated alkanes) is 1. The van der Waals surface area contributed by atoms with Gasteiger partial charge in [-0.2, -0.15) is 0 Å². The van der Waals surface area contributed by atoms with Gasteiger partial charge in [0.15, 0.2) is 0 Å². The number of ether oxygens (including phenoxy) is 1. The summed E-state index contributed by atoms with van der Waals surface area (Å²) in [5.41, 5.74) is 0.627. The fourth-order valence-electron chi connectivity index (χ4n) is 2.51. The van der Waals surface area contributed by atoms with Crippen molar-refractivity contribution in [1.29, 1.82) is 0 Å². The molecule has 1 N–H and O–H groups in total. The van der Waals surface area contributed by atoms with E-state index in [1.807, 2.05) is 0 Å². The molecule has 1 heterocycles. The Labute approximate surface area is 88.4 Å². The van der Waals surface area contributed by atoms with Gasteiger partial charge in [0.1, 0.15) is 0 Å². The lowest BCUT2D eigenvalue weighted by Crippen LogP contribution is -2.53. The number of hydrogen-bond acceptors (Lipinski definition) is 2. The molecule has 0 aliphatic carbocycles. The maximum absolute atomic E-state index is 5.07. The van der Waals surface area contributed by atoms with E-state index in [0.29, 0.717) is 5.41 Å². The van der Waals surface area contributed by atoms with Crippen molar-refractivity contribution in [3.63, 3.8) is 0 Å². The van der Waals surface area contributed by atoms with E-state index in [9.17, 15) is 0 Å². The first-order valence-corrected chi connectivity index (χ1v) is 5.88. The van der Waals surface area contributed by atoms with Crippen LogP contribution in [0.25, 0.3) is 0 Å². The molecule has 1 aliphatic rings. The topological polar surface area (TPSA) is 21.3 Å². The highest BCUT2D eigenvalue weighted by Crippen LogP contribution is 2.35. The van der Waals surface area contributed by atoms with Gasteiger partial charge in [0.05, 0.1) is 0 Å². The molecule has 0 bridgehead atoms. The minimum atomic E-state index is 0.627. The first kappa shape index (κ1) is 12.0. The average Bonchev–Trinajstić information content (AvgIpc) is 2.07. The molecule has 2 heteroatoms. The molecule has 0 aromatic carbocycles. The van der Waals surface area contributed by atoms with E-state index in [1.54, 1.807) is 7.11 Å². The third kappa shape index (κ3) is 3.58. The van der Waals surface area contributed by atoms with Gasteiger partial charge in [-0.1, -0.05) is 20.3 Å². The van der Waals surface area contributed by atoms with Crippen molar-refractivity contribution in [3.05, 3.63) is 0 Å². The Hall–Kier alpha value is -0.0800. The van der Waals surface area contributed by atoms with Crippen LogP contribution in [0, 0.1) is 11.3 Å². The summed E-state index contributed by atoms with van der Waals surface area (Å²) in [7, 11) is 1.79. The summed E-state index contributed by atoms with van der Waals surface area (Å²) in [4.78, 5) is 0. The van der Waals surface area contributed by atoms with E-state index < -0.39 is 0 Å². The average molecular weight is 199 g/mol.